The van der Waals surface area contributed by atoms with Crippen LogP contribution in [0.2, 0.25) is 0 Å². The number of thioether (sulfide) groups is 1. The minimum atomic E-state index is -1.51. The summed E-state index contributed by atoms with van der Waals surface area (Å²) in [7, 11) is 0. The van der Waals surface area contributed by atoms with Crippen molar-refractivity contribution in [1.29, 1.82) is 0 Å². The van der Waals surface area contributed by atoms with Crippen molar-refractivity contribution in [2.45, 2.75) is 37.9 Å². The highest BCUT2D eigenvalue weighted by Crippen LogP contribution is 2.25. The van der Waals surface area contributed by atoms with E-state index in [1.807, 2.05) is 42.7 Å². The highest BCUT2D eigenvalue weighted by atomic mass is 32.2. The number of amides is 2. The van der Waals surface area contributed by atoms with E-state index in [4.69, 9.17) is 0 Å². The lowest BCUT2D eigenvalue weighted by Gasteiger charge is -2.17. The van der Waals surface area contributed by atoms with Gasteiger partial charge in [-0.05, 0) is 53.7 Å². The van der Waals surface area contributed by atoms with Gasteiger partial charge in [-0.25, -0.2) is 18.4 Å². The fourth-order valence-corrected chi connectivity index (χ4v) is 4.92. The molecule has 1 heterocycles. The first kappa shape index (κ1) is 26.9. The van der Waals surface area contributed by atoms with Gasteiger partial charge in [0.25, 0.3) is 5.91 Å². The SMILES string of the molecule is CSCCC(NC(=O)c1ccc(CNS(=O)NCC2CCC(=O)N2)cc1-c1ccccc1)C(=O)O. The maximum Gasteiger partial charge on any atom is 0.326 e. The van der Waals surface area contributed by atoms with Crippen LogP contribution in [-0.4, -0.2) is 57.7 Å². The fraction of sp³-hybridized carbons (Fsp3) is 0.375. The van der Waals surface area contributed by atoms with E-state index >= 15 is 0 Å². The van der Waals surface area contributed by atoms with E-state index in [1.54, 1.807) is 12.1 Å². The zero-order valence-corrected chi connectivity index (χ0v) is 21.0. The van der Waals surface area contributed by atoms with Crippen LogP contribution in [0.3, 0.4) is 0 Å². The molecule has 3 rings (SSSR count). The van der Waals surface area contributed by atoms with Gasteiger partial charge in [-0.1, -0.05) is 36.4 Å². The lowest BCUT2D eigenvalue weighted by molar-refractivity contribution is -0.139. The predicted molar refractivity (Wildman–Crippen MR) is 138 cm³/mol. The fourth-order valence-electron chi connectivity index (χ4n) is 3.69. The van der Waals surface area contributed by atoms with Crippen molar-refractivity contribution in [2.24, 2.45) is 0 Å². The summed E-state index contributed by atoms with van der Waals surface area (Å²) >= 11 is 0.0132. The van der Waals surface area contributed by atoms with Crippen LogP contribution >= 0.6 is 11.8 Å². The second-order valence-electron chi connectivity index (χ2n) is 8.13. The largest absolute Gasteiger partial charge is 0.480 e. The van der Waals surface area contributed by atoms with E-state index in [1.165, 1.54) is 11.8 Å². The van der Waals surface area contributed by atoms with Crippen LogP contribution in [0.1, 0.15) is 35.2 Å². The molecule has 2 aromatic carbocycles. The predicted octanol–water partition coefficient (Wildman–Crippen LogP) is 1.83. The van der Waals surface area contributed by atoms with Crippen LogP contribution in [0.5, 0.6) is 0 Å². The Labute approximate surface area is 211 Å². The normalized spacial score (nSPS) is 16.9. The third-order valence-corrected chi connectivity index (χ3v) is 7.06. The van der Waals surface area contributed by atoms with Crippen LogP contribution < -0.4 is 20.1 Å². The average molecular weight is 519 g/mol. The number of hydrogen-bond acceptors (Lipinski definition) is 5. The van der Waals surface area contributed by atoms with Crippen molar-refractivity contribution in [3.8, 4) is 11.1 Å². The third kappa shape index (κ3) is 8.17. The molecule has 1 fully saturated rings. The first-order chi connectivity index (χ1) is 16.9. The van der Waals surface area contributed by atoms with Crippen molar-refractivity contribution in [3.05, 3.63) is 59.7 Å². The Balaban J connectivity index is 1.70. The molecule has 35 heavy (non-hydrogen) atoms. The molecule has 3 unspecified atom stereocenters. The topological polar surface area (TPSA) is 137 Å². The summed E-state index contributed by atoms with van der Waals surface area (Å²) in [6.45, 7) is 0.685. The molecule has 0 saturated carbocycles. The molecule has 1 aliphatic heterocycles. The molecule has 0 radical (unpaired) electrons. The zero-order chi connectivity index (χ0) is 25.2. The summed E-state index contributed by atoms with van der Waals surface area (Å²) in [5.41, 5.74) is 2.64. The second kappa shape index (κ2) is 13.4. The van der Waals surface area contributed by atoms with Gasteiger partial charge in [0.2, 0.25) is 5.91 Å². The second-order valence-corrected chi connectivity index (χ2v) is 10.2. The number of carbonyl (C=O) groups is 3. The summed E-state index contributed by atoms with van der Waals surface area (Å²) in [5, 5.41) is 14.9. The van der Waals surface area contributed by atoms with Gasteiger partial charge in [-0.2, -0.15) is 11.8 Å². The molecule has 3 atom stereocenters. The summed E-state index contributed by atoms with van der Waals surface area (Å²) in [4.78, 5) is 35.9. The Morgan fingerprint density at radius 1 is 1.20 bits per heavy atom. The molecule has 0 aliphatic carbocycles. The number of aliphatic carboxylic acids is 1. The minimum Gasteiger partial charge on any atom is -0.480 e. The molecular weight excluding hydrogens is 488 g/mol. The van der Waals surface area contributed by atoms with E-state index in [2.05, 4.69) is 20.1 Å². The summed E-state index contributed by atoms with van der Waals surface area (Å²) in [6.07, 6.45) is 3.41. The number of nitrogens with one attached hydrogen (secondary N) is 4. The van der Waals surface area contributed by atoms with Gasteiger partial charge >= 0.3 is 5.97 Å². The molecule has 5 N–H and O–H groups in total. The summed E-state index contributed by atoms with van der Waals surface area (Å²) in [6, 6.07) is 13.6. The molecule has 0 spiro atoms. The molecule has 2 aromatic rings. The van der Waals surface area contributed by atoms with Gasteiger partial charge in [0.1, 0.15) is 6.04 Å². The molecule has 0 bridgehead atoms. The minimum absolute atomic E-state index is 0.00652. The monoisotopic (exact) mass is 518 g/mol. The van der Waals surface area contributed by atoms with Crippen molar-refractivity contribution in [1.82, 2.24) is 20.1 Å². The number of carbonyl (C=O) groups excluding carboxylic acids is 2. The van der Waals surface area contributed by atoms with E-state index in [-0.39, 0.29) is 18.5 Å². The highest BCUT2D eigenvalue weighted by Gasteiger charge is 2.23. The van der Waals surface area contributed by atoms with E-state index in [9.17, 15) is 23.7 Å². The third-order valence-electron chi connectivity index (χ3n) is 5.58. The van der Waals surface area contributed by atoms with Crippen LogP contribution in [0.15, 0.2) is 48.5 Å². The molecule has 9 nitrogen and oxygen atoms in total. The first-order valence-electron chi connectivity index (χ1n) is 11.3. The van der Waals surface area contributed by atoms with Crippen LogP contribution in [0, 0.1) is 0 Å². The highest BCUT2D eigenvalue weighted by molar-refractivity contribution is 7.98. The molecule has 2 amide bonds. The molecule has 1 aliphatic rings. The Hall–Kier alpha value is -2.73. The maximum absolute atomic E-state index is 13.0. The van der Waals surface area contributed by atoms with Gasteiger partial charge < -0.3 is 15.7 Å². The molecule has 11 heteroatoms. The van der Waals surface area contributed by atoms with E-state index in [0.717, 1.165) is 11.1 Å². The molecular formula is C24H30N4O5S2. The number of carboxylic acids is 1. The number of benzene rings is 2. The van der Waals surface area contributed by atoms with Crippen LogP contribution in [0.4, 0.5) is 0 Å². The Morgan fingerprint density at radius 3 is 2.63 bits per heavy atom. The maximum atomic E-state index is 13.0. The van der Waals surface area contributed by atoms with Gasteiger partial charge in [0.05, 0.1) is 0 Å². The number of carboxylic acid groups (broad SMARTS) is 1. The van der Waals surface area contributed by atoms with Gasteiger partial charge in [0.15, 0.2) is 11.2 Å². The molecule has 0 aromatic heterocycles. The lowest BCUT2D eigenvalue weighted by Crippen LogP contribution is -2.41. The van der Waals surface area contributed by atoms with Crippen molar-refractivity contribution >= 4 is 40.7 Å². The number of rotatable bonds is 13. The van der Waals surface area contributed by atoms with Crippen molar-refractivity contribution in [3.63, 3.8) is 0 Å². The summed E-state index contributed by atoms with van der Waals surface area (Å²) in [5.74, 6) is -0.902. The van der Waals surface area contributed by atoms with E-state index in [0.29, 0.717) is 42.7 Å². The van der Waals surface area contributed by atoms with Gasteiger partial charge in [-0.15, -0.1) is 0 Å². The van der Waals surface area contributed by atoms with Gasteiger partial charge in [-0.3, -0.25) is 9.59 Å². The smallest absolute Gasteiger partial charge is 0.326 e. The van der Waals surface area contributed by atoms with Gasteiger partial charge in [0, 0.05) is 31.1 Å². The summed E-state index contributed by atoms with van der Waals surface area (Å²) < 4.78 is 18.1. The standard InChI is InChI=1S/C24H30N4O5S2/c1-34-12-11-21(24(31)32)28-23(30)19-9-7-16(13-20(19)17-5-3-2-4-6-17)14-25-35(33)26-15-18-8-10-22(29)27-18/h2-7,9,13,18,21,25-26H,8,10-12,14-15H2,1H3,(H,27,29)(H,28,30)(H,31,32). The zero-order valence-electron chi connectivity index (χ0n) is 19.4. The number of hydrogen-bond donors (Lipinski definition) is 5. The molecule has 188 valence electrons. The lowest BCUT2D eigenvalue weighted by atomic mass is 9.96. The Kier molecular flexibility index (Phi) is 10.3. The Morgan fingerprint density at radius 2 is 1.97 bits per heavy atom. The average Bonchev–Trinajstić information content (AvgIpc) is 3.29. The van der Waals surface area contributed by atoms with Crippen molar-refractivity contribution in [2.75, 3.05) is 18.6 Å². The van der Waals surface area contributed by atoms with Crippen LogP contribution in [-0.2, 0) is 27.3 Å². The van der Waals surface area contributed by atoms with Crippen molar-refractivity contribution < 1.29 is 23.7 Å². The first-order valence-corrected chi connectivity index (χ1v) is 13.8. The quantitative estimate of drug-likeness (QED) is 0.274. The van der Waals surface area contributed by atoms with E-state index < -0.39 is 29.1 Å². The Bertz CT molecular complexity index is 1070. The molecule has 1 saturated heterocycles. The van der Waals surface area contributed by atoms with Crippen LogP contribution in [0.25, 0.3) is 11.1 Å².